The normalized spacial score (nSPS) is 13.6. The molecule has 0 aliphatic rings. The van der Waals surface area contributed by atoms with Crippen LogP contribution in [0.15, 0.2) is 9.63 Å². The Morgan fingerprint density at radius 1 is 1.78 bits per heavy atom. The van der Waals surface area contributed by atoms with Crippen LogP contribution in [0.4, 0.5) is 4.79 Å². The molecular weight excluding hydrogens is 148 g/mol. The van der Waals surface area contributed by atoms with Gasteiger partial charge in [-0.1, -0.05) is 9.63 Å². The van der Waals surface area contributed by atoms with Crippen LogP contribution in [0.2, 0.25) is 0 Å². The maximum atomic E-state index is 9.97. The molecule has 1 atom stereocenters. The summed E-state index contributed by atoms with van der Waals surface area (Å²) >= 11 is -2.45. The van der Waals surface area contributed by atoms with Gasteiger partial charge in [0.2, 0.25) is 0 Å². The smallest absolute Gasteiger partial charge is 0.287 e. The van der Waals surface area contributed by atoms with Gasteiger partial charge in [0, 0.05) is 0 Å². The molecule has 0 spiro atoms. The number of urea groups is 1. The molecule has 8 heteroatoms. The lowest BCUT2D eigenvalue weighted by Crippen LogP contribution is -2.26. The number of hydrazine groups is 1. The number of hydrogen-bond acceptors (Lipinski definition) is 3. The van der Waals surface area contributed by atoms with E-state index in [0.29, 0.717) is 0 Å². The molecule has 2 amide bonds. The number of amides is 2. The Morgan fingerprint density at radius 3 is 2.67 bits per heavy atom. The monoisotopic (exact) mass is 152 g/mol. The van der Waals surface area contributed by atoms with Crippen molar-refractivity contribution in [3.63, 3.8) is 0 Å². The third-order valence-corrected chi connectivity index (χ3v) is 0.546. The second-order valence-electron chi connectivity index (χ2n) is 0.862. The SMILES string of the molecule is NNC(=O)N=NS(=O)O. The summed E-state index contributed by atoms with van der Waals surface area (Å²) in [5.74, 6) is 4.52. The number of nitrogens with two attached hydrogens (primary N) is 1. The first-order valence-corrected chi connectivity index (χ1v) is 2.76. The molecule has 52 valence electrons. The van der Waals surface area contributed by atoms with E-state index >= 15 is 0 Å². The van der Waals surface area contributed by atoms with Gasteiger partial charge in [-0.3, -0.25) is 9.98 Å². The maximum absolute atomic E-state index is 9.97. The standard InChI is InChI=1S/CH4N4O3S/c2-3-1(6)4-5-9(7)8/h2H2,(H,3,6)(H,7,8). The first kappa shape index (κ1) is 8.14. The van der Waals surface area contributed by atoms with Crippen LogP contribution in [-0.4, -0.2) is 14.8 Å². The highest BCUT2D eigenvalue weighted by Gasteiger charge is 1.91. The maximum Gasteiger partial charge on any atom is 0.374 e. The summed E-state index contributed by atoms with van der Waals surface area (Å²) in [6.07, 6.45) is 0. The van der Waals surface area contributed by atoms with E-state index in [4.69, 9.17) is 4.55 Å². The Bertz CT molecular complexity index is 154. The average molecular weight is 152 g/mol. The molecule has 0 aliphatic carbocycles. The molecule has 0 aromatic carbocycles. The van der Waals surface area contributed by atoms with E-state index in [9.17, 15) is 9.00 Å². The van der Waals surface area contributed by atoms with E-state index in [1.165, 1.54) is 0 Å². The third-order valence-electron chi connectivity index (χ3n) is 0.325. The summed E-state index contributed by atoms with van der Waals surface area (Å²) in [6, 6.07) is -0.975. The molecular formula is CH4N4O3S. The highest BCUT2D eigenvalue weighted by Crippen LogP contribution is 1.78. The quantitative estimate of drug-likeness (QED) is 0.149. The van der Waals surface area contributed by atoms with Crippen LogP contribution >= 0.6 is 0 Å². The molecule has 0 radical (unpaired) electrons. The molecule has 0 aromatic heterocycles. The van der Waals surface area contributed by atoms with Gasteiger partial charge in [-0.05, 0) is 0 Å². The van der Waals surface area contributed by atoms with E-state index in [-0.39, 0.29) is 0 Å². The summed E-state index contributed by atoms with van der Waals surface area (Å²) in [6.45, 7) is 0. The predicted molar refractivity (Wildman–Crippen MR) is 28.3 cm³/mol. The van der Waals surface area contributed by atoms with Crippen molar-refractivity contribution in [3.8, 4) is 0 Å². The first-order valence-electron chi connectivity index (χ1n) is 1.70. The molecule has 0 aromatic rings. The Kier molecular flexibility index (Phi) is 3.67. The van der Waals surface area contributed by atoms with Crippen molar-refractivity contribution in [2.75, 3.05) is 0 Å². The van der Waals surface area contributed by atoms with Crippen molar-refractivity contribution in [3.05, 3.63) is 0 Å². The van der Waals surface area contributed by atoms with Crippen molar-refractivity contribution >= 4 is 17.3 Å². The van der Waals surface area contributed by atoms with Gasteiger partial charge in [-0.2, -0.15) is 0 Å². The van der Waals surface area contributed by atoms with Crippen LogP contribution in [0.3, 0.4) is 0 Å². The van der Waals surface area contributed by atoms with E-state index < -0.39 is 17.3 Å². The average Bonchev–Trinajstić information content (AvgIpc) is 1.83. The number of hydrogen-bond donors (Lipinski definition) is 3. The van der Waals surface area contributed by atoms with Gasteiger partial charge in [0.1, 0.15) is 0 Å². The van der Waals surface area contributed by atoms with Crippen molar-refractivity contribution in [2.45, 2.75) is 0 Å². The zero-order valence-electron chi connectivity index (χ0n) is 4.14. The second-order valence-corrected chi connectivity index (χ2v) is 1.49. The summed E-state index contributed by atoms with van der Waals surface area (Å²) in [7, 11) is 0. The molecule has 0 aliphatic heterocycles. The van der Waals surface area contributed by atoms with Crippen LogP contribution in [0.1, 0.15) is 0 Å². The fourth-order valence-electron chi connectivity index (χ4n) is 0.101. The zero-order chi connectivity index (χ0) is 7.28. The van der Waals surface area contributed by atoms with Gasteiger partial charge in [0.15, 0.2) is 0 Å². The van der Waals surface area contributed by atoms with E-state index in [0.717, 1.165) is 0 Å². The number of carbonyl (C=O) groups excluding carboxylic acids is 1. The summed E-state index contributed by atoms with van der Waals surface area (Å²) in [5, 5.41) is 2.64. The molecule has 9 heavy (non-hydrogen) atoms. The summed E-state index contributed by atoms with van der Waals surface area (Å²) in [5.41, 5.74) is 1.58. The van der Waals surface area contributed by atoms with E-state index in [1.54, 1.807) is 5.43 Å². The lowest BCUT2D eigenvalue weighted by atomic mass is 11.1. The van der Waals surface area contributed by atoms with Crippen molar-refractivity contribution in [1.29, 1.82) is 0 Å². The molecule has 0 rings (SSSR count). The minimum atomic E-state index is -2.45. The highest BCUT2D eigenvalue weighted by molar-refractivity contribution is 7.77. The molecule has 0 saturated carbocycles. The van der Waals surface area contributed by atoms with Crippen LogP contribution in [0.25, 0.3) is 0 Å². The minimum Gasteiger partial charge on any atom is -0.287 e. The Hall–Kier alpha value is -0.860. The lowest BCUT2D eigenvalue weighted by molar-refractivity contribution is 0.248. The van der Waals surface area contributed by atoms with Crippen molar-refractivity contribution in [1.82, 2.24) is 5.43 Å². The molecule has 0 fully saturated rings. The minimum absolute atomic E-state index is 0.975. The van der Waals surface area contributed by atoms with Gasteiger partial charge in [0.05, 0.1) is 0 Å². The van der Waals surface area contributed by atoms with Crippen molar-refractivity contribution in [2.24, 2.45) is 15.5 Å². The second kappa shape index (κ2) is 4.06. The predicted octanol–water partition coefficient (Wildman–Crippen LogP) is -0.841. The number of carbonyl (C=O) groups is 1. The molecule has 7 nitrogen and oxygen atoms in total. The molecule has 0 saturated heterocycles. The Balaban J connectivity index is 3.71. The zero-order valence-corrected chi connectivity index (χ0v) is 4.96. The topological polar surface area (TPSA) is 117 Å². The van der Waals surface area contributed by atoms with Crippen LogP contribution < -0.4 is 11.3 Å². The van der Waals surface area contributed by atoms with Crippen molar-refractivity contribution < 1.29 is 13.6 Å². The molecule has 4 N–H and O–H groups in total. The van der Waals surface area contributed by atoms with Crippen LogP contribution in [0, 0.1) is 0 Å². The Labute approximate surface area is 52.7 Å². The fourth-order valence-corrected chi connectivity index (χ4v) is 0.245. The summed E-state index contributed by atoms with van der Waals surface area (Å²) < 4.78 is 20.1. The highest BCUT2D eigenvalue weighted by atomic mass is 32.2. The van der Waals surface area contributed by atoms with Crippen LogP contribution in [-0.2, 0) is 11.3 Å². The lowest BCUT2D eigenvalue weighted by Gasteiger charge is -1.83. The number of rotatable bonds is 1. The third kappa shape index (κ3) is 5.00. The molecule has 0 heterocycles. The fraction of sp³-hybridized carbons (Fsp3) is 0. The van der Waals surface area contributed by atoms with Gasteiger partial charge in [-0.15, -0.1) is 0 Å². The first-order chi connectivity index (χ1) is 4.16. The van der Waals surface area contributed by atoms with Gasteiger partial charge >= 0.3 is 17.3 Å². The van der Waals surface area contributed by atoms with Gasteiger partial charge in [0.25, 0.3) is 0 Å². The van der Waals surface area contributed by atoms with Gasteiger partial charge < -0.3 is 0 Å². The van der Waals surface area contributed by atoms with Gasteiger partial charge in [-0.25, -0.2) is 14.8 Å². The van der Waals surface area contributed by atoms with E-state index in [1.807, 2.05) is 0 Å². The largest absolute Gasteiger partial charge is 0.374 e. The molecule has 1 unspecified atom stereocenters. The molecule has 0 bridgehead atoms. The number of nitrogens with zero attached hydrogens (tertiary/aromatic N) is 2. The van der Waals surface area contributed by atoms with Crippen LogP contribution in [0.5, 0.6) is 0 Å². The summed E-state index contributed by atoms with van der Waals surface area (Å²) in [4.78, 5) is 9.97. The Morgan fingerprint density at radius 2 is 2.33 bits per heavy atom. The number of nitrogens with one attached hydrogen (secondary N) is 1. The van der Waals surface area contributed by atoms with E-state index in [2.05, 4.69) is 15.5 Å².